The number of ether oxygens (including phenoxy) is 2. The average molecular weight is 460 g/mol. The number of likely N-dealkylation sites (N-methyl/N-ethyl adjacent to an activating group) is 1. The second-order valence-corrected chi connectivity index (χ2v) is 8.51. The van der Waals surface area contributed by atoms with Gasteiger partial charge in [-0.1, -0.05) is 6.92 Å². The molecule has 1 aromatic heterocycles. The van der Waals surface area contributed by atoms with Crippen molar-refractivity contribution in [1.29, 1.82) is 0 Å². The largest absolute Gasteiger partial charge is 0.494 e. The molecule has 0 spiro atoms. The topological polar surface area (TPSA) is 87.7 Å². The number of rotatable bonds is 10. The molecule has 180 valence electrons. The summed E-state index contributed by atoms with van der Waals surface area (Å²) >= 11 is 0. The first-order valence-electron chi connectivity index (χ1n) is 11.7. The molecule has 33 heavy (non-hydrogen) atoms. The lowest BCUT2D eigenvalue weighted by atomic mass is 10.2. The smallest absolute Gasteiger partial charge is 0.233 e. The van der Waals surface area contributed by atoms with Crippen molar-refractivity contribution in [3.05, 3.63) is 24.0 Å². The molecule has 2 N–H and O–H groups in total. The SMILES string of the molecule is CCN1CCCC1CNc1nc(Nc2ccc(F)c(OC)c2)nc(N2CCCC2COC)n1. The van der Waals surface area contributed by atoms with Crippen LogP contribution in [0.5, 0.6) is 5.75 Å². The molecule has 0 saturated carbocycles. The van der Waals surface area contributed by atoms with Crippen LogP contribution in [-0.4, -0.2) is 78.9 Å². The van der Waals surface area contributed by atoms with Gasteiger partial charge in [0.2, 0.25) is 17.8 Å². The van der Waals surface area contributed by atoms with Gasteiger partial charge in [-0.25, -0.2) is 4.39 Å². The lowest BCUT2D eigenvalue weighted by Crippen LogP contribution is -2.36. The molecular weight excluding hydrogens is 425 g/mol. The Balaban J connectivity index is 1.58. The zero-order valence-electron chi connectivity index (χ0n) is 19.7. The number of methoxy groups -OCH3 is 2. The Morgan fingerprint density at radius 1 is 1.06 bits per heavy atom. The van der Waals surface area contributed by atoms with Crippen LogP contribution in [0.25, 0.3) is 0 Å². The van der Waals surface area contributed by atoms with E-state index in [1.165, 1.54) is 26.0 Å². The van der Waals surface area contributed by atoms with E-state index in [0.717, 1.165) is 39.0 Å². The van der Waals surface area contributed by atoms with Crippen molar-refractivity contribution >= 4 is 23.5 Å². The fraction of sp³-hybridized carbons (Fsp3) is 0.609. The summed E-state index contributed by atoms with van der Waals surface area (Å²) in [4.78, 5) is 18.7. The molecule has 1 aromatic carbocycles. The van der Waals surface area contributed by atoms with E-state index in [-0.39, 0.29) is 11.8 Å². The molecular formula is C23H34FN7O2. The van der Waals surface area contributed by atoms with Gasteiger partial charge in [0.25, 0.3) is 0 Å². The van der Waals surface area contributed by atoms with Crippen molar-refractivity contribution in [1.82, 2.24) is 19.9 Å². The summed E-state index contributed by atoms with van der Waals surface area (Å²) in [6, 6.07) is 5.29. The summed E-state index contributed by atoms with van der Waals surface area (Å²) in [6.45, 7) is 6.65. The van der Waals surface area contributed by atoms with E-state index >= 15 is 0 Å². The van der Waals surface area contributed by atoms with Gasteiger partial charge in [-0.05, 0) is 50.9 Å². The Labute approximate surface area is 194 Å². The molecule has 2 unspecified atom stereocenters. The molecule has 4 rings (SSSR count). The summed E-state index contributed by atoms with van der Waals surface area (Å²) in [6.07, 6.45) is 4.48. The van der Waals surface area contributed by atoms with Crippen molar-refractivity contribution in [2.75, 3.05) is 62.5 Å². The molecule has 2 aromatic rings. The van der Waals surface area contributed by atoms with Gasteiger partial charge in [-0.3, -0.25) is 4.90 Å². The number of benzene rings is 1. The van der Waals surface area contributed by atoms with Crippen LogP contribution in [-0.2, 0) is 4.74 Å². The van der Waals surface area contributed by atoms with Crippen molar-refractivity contribution in [2.45, 2.75) is 44.7 Å². The van der Waals surface area contributed by atoms with E-state index in [0.29, 0.717) is 36.2 Å². The molecule has 2 aliphatic rings. The highest BCUT2D eigenvalue weighted by Crippen LogP contribution is 2.27. The van der Waals surface area contributed by atoms with Crippen molar-refractivity contribution in [3.8, 4) is 5.75 Å². The van der Waals surface area contributed by atoms with Crippen LogP contribution >= 0.6 is 0 Å². The molecule has 3 heterocycles. The predicted molar refractivity (Wildman–Crippen MR) is 127 cm³/mol. The van der Waals surface area contributed by atoms with Gasteiger partial charge in [-0.15, -0.1) is 0 Å². The van der Waals surface area contributed by atoms with Crippen LogP contribution in [0, 0.1) is 5.82 Å². The molecule has 10 heteroatoms. The minimum absolute atomic E-state index is 0.160. The summed E-state index contributed by atoms with van der Waals surface area (Å²) in [5.74, 6) is 1.29. The third-order valence-corrected chi connectivity index (χ3v) is 6.43. The third-order valence-electron chi connectivity index (χ3n) is 6.43. The first kappa shape index (κ1) is 23.4. The van der Waals surface area contributed by atoms with E-state index in [9.17, 15) is 4.39 Å². The second kappa shape index (κ2) is 10.9. The number of nitrogens with zero attached hydrogens (tertiary/aromatic N) is 5. The van der Waals surface area contributed by atoms with Crippen LogP contribution in [0.2, 0.25) is 0 Å². The Hall–Kier alpha value is -2.72. The summed E-state index contributed by atoms with van der Waals surface area (Å²) in [5, 5.41) is 6.62. The number of likely N-dealkylation sites (tertiary alicyclic amines) is 1. The van der Waals surface area contributed by atoms with Crippen molar-refractivity contribution < 1.29 is 13.9 Å². The van der Waals surface area contributed by atoms with Gasteiger partial charge >= 0.3 is 0 Å². The fourth-order valence-electron chi connectivity index (χ4n) is 4.71. The molecule has 0 amide bonds. The average Bonchev–Trinajstić information content (AvgIpc) is 3.48. The van der Waals surface area contributed by atoms with Crippen molar-refractivity contribution in [3.63, 3.8) is 0 Å². The van der Waals surface area contributed by atoms with Gasteiger partial charge in [0, 0.05) is 38.0 Å². The molecule has 9 nitrogen and oxygen atoms in total. The predicted octanol–water partition coefficient (Wildman–Crippen LogP) is 3.27. The Morgan fingerprint density at radius 2 is 1.85 bits per heavy atom. The van der Waals surface area contributed by atoms with Gasteiger partial charge < -0.3 is 25.0 Å². The number of halogens is 1. The van der Waals surface area contributed by atoms with E-state index in [2.05, 4.69) is 37.3 Å². The molecule has 0 bridgehead atoms. The minimum atomic E-state index is -0.418. The Bertz CT molecular complexity index is 932. The van der Waals surface area contributed by atoms with E-state index < -0.39 is 5.82 Å². The van der Waals surface area contributed by atoms with Crippen LogP contribution in [0.3, 0.4) is 0 Å². The van der Waals surface area contributed by atoms with Gasteiger partial charge in [0.05, 0.1) is 19.8 Å². The van der Waals surface area contributed by atoms with Crippen LogP contribution in [0.1, 0.15) is 32.6 Å². The van der Waals surface area contributed by atoms with E-state index in [4.69, 9.17) is 14.5 Å². The van der Waals surface area contributed by atoms with Gasteiger partial charge in [-0.2, -0.15) is 15.0 Å². The normalized spacial score (nSPS) is 20.9. The van der Waals surface area contributed by atoms with Crippen LogP contribution < -0.4 is 20.3 Å². The summed E-state index contributed by atoms with van der Waals surface area (Å²) in [7, 11) is 3.16. The lowest BCUT2D eigenvalue weighted by Gasteiger charge is -2.25. The molecule has 0 aliphatic carbocycles. The lowest BCUT2D eigenvalue weighted by molar-refractivity contribution is 0.180. The standard InChI is InChI=1S/C23H34FN7O2/c1-4-30-11-5-7-17(30)14-25-21-27-22(26-16-9-10-19(24)20(13-16)33-3)29-23(28-21)31-12-6-8-18(31)15-32-2/h9-10,13,17-18H,4-8,11-12,14-15H2,1-3H3,(H2,25,26,27,28,29). The second-order valence-electron chi connectivity index (χ2n) is 8.51. The maximum atomic E-state index is 13.8. The summed E-state index contributed by atoms with van der Waals surface area (Å²) < 4.78 is 24.4. The molecule has 2 fully saturated rings. The number of hydrogen-bond donors (Lipinski definition) is 2. The monoisotopic (exact) mass is 459 g/mol. The minimum Gasteiger partial charge on any atom is -0.494 e. The zero-order chi connectivity index (χ0) is 23.2. The molecule has 2 aliphatic heterocycles. The van der Waals surface area contributed by atoms with Gasteiger partial charge in [0.1, 0.15) is 0 Å². The van der Waals surface area contributed by atoms with E-state index in [1.54, 1.807) is 19.2 Å². The first-order valence-corrected chi connectivity index (χ1v) is 11.7. The van der Waals surface area contributed by atoms with Crippen LogP contribution in [0.15, 0.2) is 18.2 Å². The summed E-state index contributed by atoms with van der Waals surface area (Å²) in [5.41, 5.74) is 0.638. The zero-order valence-corrected chi connectivity index (χ0v) is 19.7. The highest BCUT2D eigenvalue weighted by Gasteiger charge is 2.28. The fourth-order valence-corrected chi connectivity index (χ4v) is 4.71. The van der Waals surface area contributed by atoms with Crippen LogP contribution in [0.4, 0.5) is 27.9 Å². The maximum absolute atomic E-state index is 13.8. The van der Waals surface area contributed by atoms with Gasteiger partial charge in [0.15, 0.2) is 11.6 Å². The molecule has 2 atom stereocenters. The molecule has 2 saturated heterocycles. The maximum Gasteiger partial charge on any atom is 0.233 e. The number of anilines is 4. The van der Waals surface area contributed by atoms with E-state index in [1.807, 2.05) is 0 Å². The molecule has 0 radical (unpaired) electrons. The quantitative estimate of drug-likeness (QED) is 0.556. The Morgan fingerprint density at radius 3 is 2.64 bits per heavy atom. The highest BCUT2D eigenvalue weighted by atomic mass is 19.1. The third kappa shape index (κ3) is 5.62. The number of aromatic nitrogens is 3. The highest BCUT2D eigenvalue weighted by molar-refractivity contribution is 5.58. The number of hydrogen-bond acceptors (Lipinski definition) is 9. The number of nitrogens with one attached hydrogen (secondary N) is 2. The van der Waals surface area contributed by atoms with Crippen molar-refractivity contribution in [2.24, 2.45) is 0 Å². The Kier molecular flexibility index (Phi) is 7.77. The first-order chi connectivity index (χ1) is 16.1.